The number of benzene rings is 1. The van der Waals surface area contributed by atoms with Gasteiger partial charge in [-0.3, -0.25) is 10.00 Å². The molecule has 23 heavy (non-hydrogen) atoms. The van der Waals surface area contributed by atoms with Crippen LogP contribution in [0.4, 0.5) is 0 Å². The van der Waals surface area contributed by atoms with Crippen LogP contribution in [-0.4, -0.2) is 53.0 Å². The summed E-state index contributed by atoms with van der Waals surface area (Å²) >= 11 is 0. The third-order valence-electron chi connectivity index (χ3n) is 4.09. The normalized spacial score (nSPS) is 21.3. The van der Waals surface area contributed by atoms with Gasteiger partial charge in [0, 0.05) is 25.2 Å². The van der Waals surface area contributed by atoms with E-state index in [9.17, 15) is 0 Å². The Labute approximate surface area is 134 Å². The predicted octanol–water partition coefficient (Wildman–Crippen LogP) is 1.46. The van der Waals surface area contributed by atoms with Crippen molar-refractivity contribution in [2.24, 2.45) is 0 Å². The standard InChI is InChI=1S/C16H20N4O3/c1-11-17-16(19-18-11)14-10-20(5-6-21-14)9-12-3-2-4-13-15(12)23-8-7-22-13/h2-4,14H,5-10H2,1H3,(H,17,18,19). The Morgan fingerprint density at radius 3 is 3.04 bits per heavy atom. The van der Waals surface area contributed by atoms with E-state index in [1.807, 2.05) is 19.1 Å². The monoisotopic (exact) mass is 316 g/mol. The van der Waals surface area contributed by atoms with Gasteiger partial charge in [-0.2, -0.15) is 5.10 Å². The fourth-order valence-electron chi connectivity index (χ4n) is 3.01. The van der Waals surface area contributed by atoms with Crippen LogP contribution >= 0.6 is 0 Å². The molecule has 0 bridgehead atoms. The molecule has 122 valence electrons. The summed E-state index contributed by atoms with van der Waals surface area (Å²) in [5, 5.41) is 7.09. The van der Waals surface area contributed by atoms with E-state index in [-0.39, 0.29) is 6.10 Å². The van der Waals surface area contributed by atoms with Crippen molar-refractivity contribution < 1.29 is 14.2 Å². The highest BCUT2D eigenvalue weighted by atomic mass is 16.6. The molecule has 7 heteroatoms. The molecule has 2 aromatic rings. The zero-order valence-electron chi connectivity index (χ0n) is 13.1. The Bertz CT molecular complexity index is 688. The summed E-state index contributed by atoms with van der Waals surface area (Å²) < 4.78 is 17.3. The lowest BCUT2D eigenvalue weighted by molar-refractivity contribution is -0.0373. The Morgan fingerprint density at radius 1 is 1.26 bits per heavy atom. The lowest BCUT2D eigenvalue weighted by Gasteiger charge is -2.32. The lowest BCUT2D eigenvalue weighted by Crippen LogP contribution is -2.38. The first-order chi connectivity index (χ1) is 11.3. The van der Waals surface area contributed by atoms with Crippen molar-refractivity contribution in [1.29, 1.82) is 0 Å². The van der Waals surface area contributed by atoms with E-state index >= 15 is 0 Å². The van der Waals surface area contributed by atoms with E-state index in [1.54, 1.807) is 0 Å². The van der Waals surface area contributed by atoms with Crippen LogP contribution in [0.15, 0.2) is 18.2 Å². The van der Waals surface area contributed by atoms with Gasteiger partial charge >= 0.3 is 0 Å². The second-order valence-corrected chi connectivity index (χ2v) is 5.81. The SMILES string of the molecule is Cc1nc(C2CN(Cc3cccc4c3OCCO4)CCO2)n[nH]1. The first kappa shape index (κ1) is 14.5. The fraction of sp³-hybridized carbons (Fsp3) is 0.500. The van der Waals surface area contributed by atoms with Gasteiger partial charge in [0.05, 0.1) is 6.61 Å². The van der Waals surface area contributed by atoms with Gasteiger partial charge in [-0.15, -0.1) is 0 Å². The molecule has 1 unspecified atom stereocenters. The molecule has 0 aliphatic carbocycles. The number of para-hydroxylation sites is 1. The minimum atomic E-state index is -0.0922. The summed E-state index contributed by atoms with van der Waals surface area (Å²) in [6.45, 7) is 6.23. The van der Waals surface area contributed by atoms with E-state index in [0.29, 0.717) is 19.8 Å². The topological polar surface area (TPSA) is 72.5 Å². The summed E-state index contributed by atoms with van der Waals surface area (Å²) in [7, 11) is 0. The van der Waals surface area contributed by atoms with E-state index < -0.39 is 0 Å². The molecule has 1 saturated heterocycles. The van der Waals surface area contributed by atoms with Gasteiger partial charge < -0.3 is 14.2 Å². The molecule has 4 rings (SSSR count). The summed E-state index contributed by atoms with van der Waals surface area (Å²) in [5.41, 5.74) is 1.15. The van der Waals surface area contributed by atoms with E-state index in [4.69, 9.17) is 14.2 Å². The van der Waals surface area contributed by atoms with Crippen LogP contribution < -0.4 is 9.47 Å². The van der Waals surface area contributed by atoms with E-state index in [1.165, 1.54) is 0 Å². The number of hydrogen-bond acceptors (Lipinski definition) is 6. The first-order valence-electron chi connectivity index (χ1n) is 7.90. The van der Waals surface area contributed by atoms with Crippen molar-refractivity contribution in [3.63, 3.8) is 0 Å². The van der Waals surface area contributed by atoms with Gasteiger partial charge in [0.1, 0.15) is 25.1 Å². The number of aromatic amines is 1. The predicted molar refractivity (Wildman–Crippen MR) is 82.5 cm³/mol. The zero-order chi connectivity index (χ0) is 15.6. The van der Waals surface area contributed by atoms with Gasteiger partial charge in [0.25, 0.3) is 0 Å². The molecular weight excluding hydrogens is 296 g/mol. The number of morpholine rings is 1. The second kappa shape index (κ2) is 6.17. The maximum atomic E-state index is 5.82. The molecule has 2 aliphatic heterocycles. The molecule has 0 amide bonds. The second-order valence-electron chi connectivity index (χ2n) is 5.81. The number of hydrogen-bond donors (Lipinski definition) is 1. The van der Waals surface area contributed by atoms with Crippen molar-refractivity contribution in [2.45, 2.75) is 19.6 Å². The highest BCUT2D eigenvalue weighted by molar-refractivity contribution is 5.47. The Hall–Kier alpha value is -2.12. The molecule has 1 fully saturated rings. The number of nitrogens with zero attached hydrogens (tertiary/aromatic N) is 3. The molecule has 0 saturated carbocycles. The molecule has 1 aromatic heterocycles. The van der Waals surface area contributed by atoms with E-state index in [2.05, 4.69) is 26.1 Å². The number of ether oxygens (including phenoxy) is 3. The third-order valence-corrected chi connectivity index (χ3v) is 4.09. The average Bonchev–Trinajstić information content (AvgIpc) is 3.02. The molecule has 2 aliphatic rings. The van der Waals surface area contributed by atoms with Crippen LogP contribution in [0.2, 0.25) is 0 Å². The summed E-state index contributed by atoms with van der Waals surface area (Å²) in [4.78, 5) is 6.72. The number of aryl methyl sites for hydroxylation is 1. The van der Waals surface area contributed by atoms with Crippen LogP contribution in [0.3, 0.4) is 0 Å². The molecule has 3 heterocycles. The Kier molecular flexibility index (Phi) is 3.88. The molecule has 0 spiro atoms. The summed E-state index contributed by atoms with van der Waals surface area (Å²) in [6.07, 6.45) is -0.0922. The van der Waals surface area contributed by atoms with Crippen LogP contribution in [0.1, 0.15) is 23.3 Å². The van der Waals surface area contributed by atoms with Crippen molar-refractivity contribution >= 4 is 0 Å². The maximum absolute atomic E-state index is 5.82. The van der Waals surface area contributed by atoms with Crippen molar-refractivity contribution in [2.75, 3.05) is 32.9 Å². The van der Waals surface area contributed by atoms with Gasteiger partial charge in [-0.25, -0.2) is 4.98 Å². The summed E-state index contributed by atoms with van der Waals surface area (Å²) in [6, 6.07) is 6.06. The first-order valence-corrected chi connectivity index (χ1v) is 7.90. The number of nitrogens with one attached hydrogen (secondary N) is 1. The quantitative estimate of drug-likeness (QED) is 0.924. The molecular formula is C16H20N4O3. The average molecular weight is 316 g/mol. The summed E-state index contributed by atoms with van der Waals surface area (Å²) in [5.74, 6) is 3.24. The maximum Gasteiger partial charge on any atom is 0.180 e. The van der Waals surface area contributed by atoms with Gasteiger partial charge in [0.2, 0.25) is 0 Å². The van der Waals surface area contributed by atoms with Gasteiger partial charge in [-0.1, -0.05) is 12.1 Å². The Balaban J connectivity index is 1.48. The number of aromatic nitrogens is 3. The largest absolute Gasteiger partial charge is 0.486 e. The number of fused-ring (bicyclic) bond motifs is 1. The zero-order valence-corrected chi connectivity index (χ0v) is 13.1. The molecule has 0 radical (unpaired) electrons. The van der Waals surface area contributed by atoms with Crippen LogP contribution in [-0.2, 0) is 11.3 Å². The number of H-pyrrole nitrogens is 1. The van der Waals surface area contributed by atoms with Crippen molar-refractivity contribution in [1.82, 2.24) is 20.1 Å². The van der Waals surface area contributed by atoms with Gasteiger partial charge in [-0.05, 0) is 13.0 Å². The number of rotatable bonds is 3. The van der Waals surface area contributed by atoms with Gasteiger partial charge in [0.15, 0.2) is 17.3 Å². The lowest BCUT2D eigenvalue weighted by atomic mass is 10.1. The van der Waals surface area contributed by atoms with Crippen LogP contribution in [0.25, 0.3) is 0 Å². The molecule has 1 atom stereocenters. The van der Waals surface area contributed by atoms with Crippen LogP contribution in [0, 0.1) is 6.92 Å². The minimum absolute atomic E-state index is 0.0922. The van der Waals surface area contributed by atoms with Crippen LogP contribution in [0.5, 0.6) is 11.5 Å². The fourth-order valence-corrected chi connectivity index (χ4v) is 3.01. The molecule has 1 N–H and O–H groups in total. The van der Waals surface area contributed by atoms with Crippen molar-refractivity contribution in [3.05, 3.63) is 35.4 Å². The highest BCUT2D eigenvalue weighted by Crippen LogP contribution is 2.34. The highest BCUT2D eigenvalue weighted by Gasteiger charge is 2.26. The molecule has 7 nitrogen and oxygen atoms in total. The minimum Gasteiger partial charge on any atom is -0.486 e. The third kappa shape index (κ3) is 3.02. The molecule has 1 aromatic carbocycles. The van der Waals surface area contributed by atoms with Crippen molar-refractivity contribution in [3.8, 4) is 11.5 Å². The van der Waals surface area contributed by atoms with E-state index in [0.717, 1.165) is 48.3 Å². The Morgan fingerprint density at radius 2 is 2.17 bits per heavy atom. The smallest absolute Gasteiger partial charge is 0.180 e.